The fourth-order valence-corrected chi connectivity index (χ4v) is 5.57. The van der Waals surface area contributed by atoms with Crippen LogP contribution in [0.2, 0.25) is 0 Å². The summed E-state index contributed by atoms with van der Waals surface area (Å²) in [6.07, 6.45) is 0. The molecule has 0 aliphatic heterocycles. The molecule has 39 heavy (non-hydrogen) atoms. The van der Waals surface area contributed by atoms with Gasteiger partial charge in [0, 0.05) is 14.9 Å². The first kappa shape index (κ1) is 20.3. The van der Waals surface area contributed by atoms with Crippen LogP contribution in [-0.2, 0) is 5.41 Å². The zero-order valence-corrected chi connectivity index (χ0v) is 22.2. The van der Waals surface area contributed by atoms with Crippen molar-refractivity contribution < 1.29 is 8.53 Å². The molecule has 3 nitrogen and oxygen atoms in total. The molecule has 0 fully saturated rings. The van der Waals surface area contributed by atoms with E-state index in [1.807, 2.05) is 48.5 Å². The third-order valence-electron chi connectivity index (χ3n) is 7.45. The number of aryl methyl sites for hydroxylation is 1. The van der Waals surface area contributed by atoms with Gasteiger partial charge in [-0.15, -0.1) is 0 Å². The van der Waals surface area contributed by atoms with E-state index in [4.69, 9.17) is 13.5 Å². The quantitative estimate of drug-likeness (QED) is 0.237. The number of furan rings is 1. The van der Waals surface area contributed by atoms with Crippen molar-refractivity contribution in [1.82, 2.24) is 9.55 Å². The molecule has 190 valence electrons. The van der Waals surface area contributed by atoms with Gasteiger partial charge in [0.1, 0.15) is 17.0 Å². The Morgan fingerprint density at radius 3 is 2.38 bits per heavy atom. The SMILES string of the molecule is [2H]C([2H])([2H])c1ccc2c(c1)oc1c(-c3nc4ccccc4n3-c3ccc(-c4ccccc4)cc3C(C)(C)C)cccc12. The van der Waals surface area contributed by atoms with Crippen LogP contribution >= 0.6 is 0 Å². The average molecular weight is 510 g/mol. The van der Waals surface area contributed by atoms with Crippen molar-refractivity contribution in [2.45, 2.75) is 33.0 Å². The van der Waals surface area contributed by atoms with Gasteiger partial charge in [-0.2, -0.15) is 0 Å². The van der Waals surface area contributed by atoms with Crippen molar-refractivity contribution in [1.29, 1.82) is 0 Å². The molecular weight excluding hydrogens is 476 g/mol. The summed E-state index contributed by atoms with van der Waals surface area (Å²) in [5.41, 5.74) is 8.68. The number of hydrogen-bond acceptors (Lipinski definition) is 2. The third-order valence-corrected chi connectivity index (χ3v) is 7.45. The van der Waals surface area contributed by atoms with E-state index in [0.29, 0.717) is 11.2 Å². The minimum absolute atomic E-state index is 0.153. The second kappa shape index (κ2) is 8.71. The van der Waals surface area contributed by atoms with Crippen LogP contribution in [0.3, 0.4) is 0 Å². The summed E-state index contributed by atoms with van der Waals surface area (Å²) >= 11 is 0. The second-order valence-corrected chi connectivity index (χ2v) is 11.1. The van der Waals surface area contributed by atoms with Crippen LogP contribution in [0.25, 0.3) is 61.2 Å². The zero-order valence-electron chi connectivity index (χ0n) is 25.2. The molecule has 0 radical (unpaired) electrons. The van der Waals surface area contributed by atoms with E-state index < -0.39 is 6.85 Å². The van der Waals surface area contributed by atoms with Crippen molar-refractivity contribution >= 4 is 33.0 Å². The molecule has 0 unspecified atom stereocenters. The highest BCUT2D eigenvalue weighted by Crippen LogP contribution is 2.40. The van der Waals surface area contributed by atoms with Gasteiger partial charge in [0.15, 0.2) is 0 Å². The van der Waals surface area contributed by atoms with Gasteiger partial charge in [-0.25, -0.2) is 4.98 Å². The first-order chi connectivity index (χ1) is 20.1. The van der Waals surface area contributed by atoms with Crippen LogP contribution in [0.4, 0.5) is 0 Å². The highest BCUT2D eigenvalue weighted by molar-refractivity contribution is 6.09. The Balaban J connectivity index is 1.52. The lowest BCUT2D eigenvalue weighted by atomic mass is 9.84. The van der Waals surface area contributed by atoms with Crippen LogP contribution in [0.5, 0.6) is 0 Å². The molecule has 0 saturated carbocycles. The molecule has 0 bridgehead atoms. The van der Waals surface area contributed by atoms with Crippen LogP contribution in [0, 0.1) is 6.85 Å². The number of imidazole rings is 1. The standard InChI is InChI=1S/C36H30N2O/c1-23-17-19-26-27-13-10-14-28(34(27)39-33(26)21-23)35-37-30-15-8-9-16-32(30)38(35)31-20-18-25(22-29(31)36(2,3)4)24-11-6-5-7-12-24/h5-22H,1-4H3/i1D3. The molecule has 0 amide bonds. The van der Waals surface area contributed by atoms with Crippen LogP contribution in [-0.4, -0.2) is 9.55 Å². The van der Waals surface area contributed by atoms with Gasteiger partial charge < -0.3 is 4.42 Å². The summed E-state index contributed by atoms with van der Waals surface area (Å²) in [5, 5.41) is 1.80. The van der Waals surface area contributed by atoms with E-state index in [1.165, 1.54) is 16.7 Å². The summed E-state index contributed by atoms with van der Waals surface area (Å²) < 4.78 is 32.3. The number of benzene rings is 5. The minimum atomic E-state index is -2.21. The van der Waals surface area contributed by atoms with Gasteiger partial charge in [-0.1, -0.05) is 93.6 Å². The Morgan fingerprint density at radius 1 is 0.744 bits per heavy atom. The van der Waals surface area contributed by atoms with E-state index in [-0.39, 0.29) is 11.0 Å². The smallest absolute Gasteiger partial charge is 0.149 e. The molecule has 0 N–H and O–H groups in total. The number of hydrogen-bond donors (Lipinski definition) is 0. The zero-order chi connectivity index (χ0) is 29.2. The third kappa shape index (κ3) is 3.85. The van der Waals surface area contributed by atoms with Crippen molar-refractivity contribution in [2.75, 3.05) is 0 Å². The summed E-state index contributed by atoms with van der Waals surface area (Å²) in [6, 6.07) is 36.5. The molecule has 2 aromatic heterocycles. The van der Waals surface area contributed by atoms with Gasteiger partial charge >= 0.3 is 0 Å². The van der Waals surface area contributed by atoms with Crippen molar-refractivity contribution in [3.63, 3.8) is 0 Å². The molecule has 0 atom stereocenters. The van der Waals surface area contributed by atoms with Crippen LogP contribution in [0.15, 0.2) is 114 Å². The number of aromatic nitrogens is 2. The van der Waals surface area contributed by atoms with Gasteiger partial charge in [-0.3, -0.25) is 4.57 Å². The normalized spacial score (nSPS) is 13.6. The summed E-state index contributed by atoms with van der Waals surface area (Å²) in [4.78, 5) is 5.15. The monoisotopic (exact) mass is 509 g/mol. The van der Waals surface area contributed by atoms with Crippen molar-refractivity contribution in [2.24, 2.45) is 0 Å². The van der Waals surface area contributed by atoms with E-state index in [9.17, 15) is 0 Å². The summed E-state index contributed by atoms with van der Waals surface area (Å²) in [6.45, 7) is 4.50. The van der Waals surface area contributed by atoms with Crippen LogP contribution in [0.1, 0.15) is 36.0 Å². The van der Waals surface area contributed by atoms with Crippen LogP contribution < -0.4 is 0 Å². The van der Waals surface area contributed by atoms with Gasteiger partial charge in [0.2, 0.25) is 0 Å². The highest BCUT2D eigenvalue weighted by Gasteiger charge is 2.25. The summed E-state index contributed by atoms with van der Waals surface area (Å²) in [5.74, 6) is 0.773. The lowest BCUT2D eigenvalue weighted by Crippen LogP contribution is -2.16. The fraction of sp³-hybridized carbons (Fsp3) is 0.139. The average Bonchev–Trinajstić information content (AvgIpc) is 3.54. The number of nitrogens with zero attached hydrogens (tertiary/aromatic N) is 2. The van der Waals surface area contributed by atoms with Gasteiger partial charge in [0.25, 0.3) is 0 Å². The maximum absolute atomic E-state index is 7.86. The topological polar surface area (TPSA) is 31.0 Å². The lowest BCUT2D eigenvalue weighted by molar-refractivity contribution is 0.587. The number of rotatable bonds is 3. The molecule has 0 spiro atoms. The fourth-order valence-electron chi connectivity index (χ4n) is 5.57. The predicted molar refractivity (Wildman–Crippen MR) is 163 cm³/mol. The van der Waals surface area contributed by atoms with E-state index >= 15 is 0 Å². The molecular formula is C36H30N2O. The molecule has 5 aromatic carbocycles. The Morgan fingerprint density at radius 2 is 1.56 bits per heavy atom. The minimum Gasteiger partial charge on any atom is -0.455 e. The first-order valence-corrected chi connectivity index (χ1v) is 13.2. The van der Waals surface area contributed by atoms with E-state index in [0.717, 1.165) is 38.9 Å². The molecule has 7 aromatic rings. The Bertz CT molecular complexity index is 2110. The van der Waals surface area contributed by atoms with E-state index in [2.05, 4.69) is 73.9 Å². The molecule has 0 aliphatic rings. The lowest BCUT2D eigenvalue weighted by Gasteiger charge is -2.25. The Labute approximate surface area is 232 Å². The molecule has 3 heteroatoms. The molecule has 7 rings (SSSR count). The van der Waals surface area contributed by atoms with Crippen molar-refractivity contribution in [3.05, 3.63) is 120 Å². The number of fused-ring (bicyclic) bond motifs is 4. The highest BCUT2D eigenvalue weighted by atomic mass is 16.3. The number of para-hydroxylation sites is 3. The maximum atomic E-state index is 7.86. The predicted octanol–water partition coefficient (Wildman–Crippen LogP) is 9.86. The second-order valence-electron chi connectivity index (χ2n) is 11.1. The van der Waals surface area contributed by atoms with E-state index in [1.54, 1.807) is 12.1 Å². The Kier molecular flexibility index (Phi) is 4.54. The summed E-state index contributed by atoms with van der Waals surface area (Å²) in [7, 11) is 0. The first-order valence-electron chi connectivity index (χ1n) is 14.7. The van der Waals surface area contributed by atoms with Gasteiger partial charge in [-0.05, 0) is 70.9 Å². The molecule has 2 heterocycles. The molecule has 0 saturated heterocycles. The maximum Gasteiger partial charge on any atom is 0.149 e. The van der Waals surface area contributed by atoms with Gasteiger partial charge in [0.05, 0.1) is 22.3 Å². The molecule has 0 aliphatic carbocycles. The Hall–Kier alpha value is -4.63. The largest absolute Gasteiger partial charge is 0.455 e. The van der Waals surface area contributed by atoms with Crippen molar-refractivity contribution in [3.8, 4) is 28.2 Å².